The monoisotopic (exact) mass is 597 g/mol. The number of nitrogens with zero attached hydrogens (tertiary/aromatic N) is 6. The van der Waals surface area contributed by atoms with E-state index in [1.54, 1.807) is 0 Å². The molecule has 0 aliphatic rings. The topological polar surface area (TPSA) is 147 Å². The van der Waals surface area contributed by atoms with Crippen molar-refractivity contribution < 1.29 is 45.5 Å². The molecule has 12 nitrogen and oxygen atoms in total. The van der Waals surface area contributed by atoms with E-state index < -0.39 is 57.0 Å². The van der Waals surface area contributed by atoms with Gasteiger partial charge in [0.1, 0.15) is 5.69 Å². The molecule has 0 aliphatic carbocycles. The number of nitrogens with one attached hydrogen (secondary N) is 1. The van der Waals surface area contributed by atoms with E-state index in [1.807, 2.05) is 0 Å². The Hall–Kier alpha value is -5.29. The molecule has 0 saturated carbocycles. The minimum Gasteiger partial charge on any atom is -0.493 e. The Balaban J connectivity index is 1.73. The molecule has 4 aromatic rings. The van der Waals surface area contributed by atoms with Crippen LogP contribution in [0.2, 0.25) is 0 Å². The van der Waals surface area contributed by atoms with Crippen molar-refractivity contribution in [2.75, 3.05) is 14.2 Å². The minimum absolute atomic E-state index is 0.0669. The molecular weight excluding hydrogens is 580 g/mol. The van der Waals surface area contributed by atoms with Crippen molar-refractivity contribution >= 4 is 28.7 Å². The smallest absolute Gasteiger partial charge is 0.433 e. The summed E-state index contributed by atoms with van der Waals surface area (Å²) in [6, 6.07) is 5.83. The van der Waals surface area contributed by atoms with Gasteiger partial charge < -0.3 is 9.47 Å². The third-order valence-corrected chi connectivity index (χ3v) is 5.85. The second-order valence-corrected chi connectivity index (χ2v) is 8.35. The molecule has 2 aromatic carbocycles. The maximum Gasteiger partial charge on any atom is 0.433 e. The lowest BCUT2D eigenvalue weighted by atomic mass is 10.1. The van der Waals surface area contributed by atoms with Gasteiger partial charge in [-0.1, -0.05) is 17.3 Å². The third-order valence-electron chi connectivity index (χ3n) is 5.85. The summed E-state index contributed by atoms with van der Waals surface area (Å²) < 4.78 is 92.4. The molecule has 0 radical (unpaired) electrons. The van der Waals surface area contributed by atoms with Crippen molar-refractivity contribution in [2.45, 2.75) is 19.3 Å². The van der Waals surface area contributed by atoms with Crippen molar-refractivity contribution in [1.82, 2.24) is 25.4 Å². The highest BCUT2D eigenvalue weighted by Gasteiger charge is 2.38. The fourth-order valence-electron chi connectivity index (χ4n) is 3.98. The molecule has 42 heavy (non-hydrogen) atoms. The van der Waals surface area contributed by atoms with Crippen LogP contribution in [0.1, 0.15) is 33.0 Å². The molecule has 0 unspecified atom stereocenters. The Kier molecular flexibility index (Phi) is 7.73. The van der Waals surface area contributed by atoms with Crippen LogP contribution in [0, 0.1) is 17.0 Å². The summed E-state index contributed by atoms with van der Waals surface area (Å²) in [5.74, 6) is -1.16. The highest BCUT2D eigenvalue weighted by molar-refractivity contribution is 5.95. The number of ether oxygens (including phenoxy) is 2. The van der Waals surface area contributed by atoms with Crippen molar-refractivity contribution in [3.05, 3.63) is 74.7 Å². The summed E-state index contributed by atoms with van der Waals surface area (Å²) in [7, 11) is 2.46. The molecule has 2 heterocycles. The van der Waals surface area contributed by atoms with E-state index in [-0.39, 0.29) is 28.1 Å². The molecule has 1 N–H and O–H groups in total. The van der Waals surface area contributed by atoms with Gasteiger partial charge in [0.05, 0.1) is 53.4 Å². The third kappa shape index (κ3) is 5.50. The Morgan fingerprint density at radius 1 is 1.10 bits per heavy atom. The number of nitro benzene ring substituents is 1. The quantitative estimate of drug-likeness (QED) is 0.138. The molecule has 0 aliphatic heterocycles. The summed E-state index contributed by atoms with van der Waals surface area (Å²) >= 11 is 0. The molecule has 0 spiro atoms. The number of methoxy groups -OCH3 is 2. The SMILES string of the molecule is COc1ccc(C=NNC(=O)c2nnn(-c3cc(C(F)(F)F)nc4c(C(F)(F)F)cccc34)c2C)c([N+](=O)[O-])c1OC. The van der Waals surface area contributed by atoms with Crippen LogP contribution in [0.4, 0.5) is 32.0 Å². The number of amides is 1. The Morgan fingerprint density at radius 3 is 2.40 bits per heavy atom. The Labute approximate surface area is 230 Å². The molecule has 0 saturated heterocycles. The fourth-order valence-corrected chi connectivity index (χ4v) is 3.98. The Bertz CT molecular complexity index is 1730. The second-order valence-electron chi connectivity index (χ2n) is 8.35. The lowest BCUT2D eigenvalue weighted by molar-refractivity contribution is -0.385. The van der Waals surface area contributed by atoms with Crippen LogP contribution in [-0.2, 0) is 12.4 Å². The van der Waals surface area contributed by atoms with Gasteiger partial charge in [0.2, 0.25) is 5.75 Å². The lowest BCUT2D eigenvalue weighted by Gasteiger charge is -2.15. The van der Waals surface area contributed by atoms with E-state index >= 15 is 0 Å². The van der Waals surface area contributed by atoms with Gasteiger partial charge in [-0.2, -0.15) is 31.4 Å². The summed E-state index contributed by atoms with van der Waals surface area (Å²) in [5, 5.41) is 22.2. The first-order valence-corrected chi connectivity index (χ1v) is 11.4. The van der Waals surface area contributed by atoms with Crippen LogP contribution >= 0.6 is 0 Å². The number of pyridine rings is 1. The number of benzene rings is 2. The number of para-hydroxylation sites is 1. The number of hydrazone groups is 1. The number of nitro groups is 1. The number of carbonyl (C=O) groups excluding carboxylic acids is 1. The van der Waals surface area contributed by atoms with Crippen molar-refractivity contribution in [3.63, 3.8) is 0 Å². The number of halogens is 6. The number of alkyl halides is 6. The predicted molar refractivity (Wildman–Crippen MR) is 133 cm³/mol. The minimum atomic E-state index is -5.11. The predicted octanol–water partition coefficient (Wildman–Crippen LogP) is 4.85. The van der Waals surface area contributed by atoms with Crippen molar-refractivity contribution in [1.29, 1.82) is 0 Å². The highest BCUT2D eigenvalue weighted by atomic mass is 19.4. The van der Waals surface area contributed by atoms with Crippen molar-refractivity contribution in [3.8, 4) is 17.2 Å². The van der Waals surface area contributed by atoms with Gasteiger partial charge in [-0.25, -0.2) is 15.1 Å². The molecule has 0 fully saturated rings. The van der Waals surface area contributed by atoms with Crippen LogP contribution in [0.25, 0.3) is 16.6 Å². The van der Waals surface area contributed by atoms with E-state index in [1.165, 1.54) is 33.3 Å². The highest BCUT2D eigenvalue weighted by Crippen LogP contribution is 2.40. The van der Waals surface area contributed by atoms with Crippen LogP contribution in [-0.4, -0.2) is 51.2 Å². The van der Waals surface area contributed by atoms with Crippen LogP contribution in [0.3, 0.4) is 0 Å². The molecular formula is C24H17F6N7O5. The second kappa shape index (κ2) is 10.9. The van der Waals surface area contributed by atoms with E-state index in [9.17, 15) is 41.3 Å². The van der Waals surface area contributed by atoms with Gasteiger partial charge in [-0.05, 0) is 31.2 Å². The normalized spacial score (nSPS) is 12.1. The average Bonchev–Trinajstić information content (AvgIpc) is 3.31. The lowest BCUT2D eigenvalue weighted by Crippen LogP contribution is -2.19. The van der Waals surface area contributed by atoms with Gasteiger partial charge in [-0.3, -0.25) is 14.9 Å². The molecule has 2 aromatic heterocycles. The molecule has 0 bridgehead atoms. The van der Waals surface area contributed by atoms with E-state index in [4.69, 9.17) is 9.47 Å². The standard InChI is InChI=1S/C24H17F6N7O5/c1-11-18(22(38)34-31-10-12-7-8-16(41-2)21(42-3)20(12)37(39)40)33-35-36(11)15-9-17(24(28,29)30)32-19-13(15)5-4-6-14(19)23(25,26)27/h4-10H,1-3H3,(H,34,38). The average molecular weight is 597 g/mol. The summed E-state index contributed by atoms with van der Waals surface area (Å²) in [5.41, 5.74) is -3.59. The molecule has 18 heteroatoms. The number of hydrogen-bond donors (Lipinski definition) is 1. The first-order chi connectivity index (χ1) is 19.7. The van der Waals surface area contributed by atoms with E-state index in [2.05, 4.69) is 25.8 Å². The summed E-state index contributed by atoms with van der Waals surface area (Å²) in [6.45, 7) is 1.24. The largest absolute Gasteiger partial charge is 0.493 e. The number of aromatic nitrogens is 4. The van der Waals surface area contributed by atoms with Crippen LogP contribution in [0.15, 0.2) is 41.5 Å². The van der Waals surface area contributed by atoms with Crippen molar-refractivity contribution in [2.24, 2.45) is 5.10 Å². The zero-order chi connectivity index (χ0) is 31.0. The molecule has 4 rings (SSSR count). The van der Waals surface area contributed by atoms with E-state index in [0.29, 0.717) is 12.1 Å². The number of fused-ring (bicyclic) bond motifs is 1. The van der Waals surface area contributed by atoms with Gasteiger partial charge in [0, 0.05) is 5.39 Å². The number of rotatable bonds is 7. The molecule has 1 amide bonds. The molecule has 220 valence electrons. The fraction of sp³-hybridized carbons (Fsp3) is 0.208. The first kappa shape index (κ1) is 29.7. The van der Waals surface area contributed by atoms with Crippen LogP contribution < -0.4 is 14.9 Å². The van der Waals surface area contributed by atoms with Gasteiger partial charge in [0.25, 0.3) is 5.91 Å². The zero-order valence-electron chi connectivity index (χ0n) is 21.5. The van der Waals surface area contributed by atoms with E-state index in [0.717, 1.165) is 23.0 Å². The van der Waals surface area contributed by atoms with Gasteiger partial charge in [-0.15, -0.1) is 5.10 Å². The summed E-state index contributed by atoms with van der Waals surface area (Å²) in [4.78, 5) is 26.8. The molecule has 0 atom stereocenters. The van der Waals surface area contributed by atoms with Gasteiger partial charge in [0.15, 0.2) is 11.4 Å². The number of hydrogen-bond acceptors (Lipinski definition) is 9. The maximum atomic E-state index is 13.6. The zero-order valence-corrected chi connectivity index (χ0v) is 21.5. The number of carbonyl (C=O) groups is 1. The maximum absolute atomic E-state index is 13.6. The Morgan fingerprint density at radius 2 is 1.81 bits per heavy atom. The van der Waals surface area contributed by atoms with Crippen LogP contribution in [0.5, 0.6) is 11.5 Å². The first-order valence-electron chi connectivity index (χ1n) is 11.4. The van der Waals surface area contributed by atoms with Gasteiger partial charge >= 0.3 is 18.0 Å². The summed E-state index contributed by atoms with van der Waals surface area (Å²) in [6.07, 6.45) is -9.20.